The Morgan fingerprint density at radius 3 is 2.34 bits per heavy atom. The number of hydrogen-bond donors (Lipinski definition) is 2. The Balaban J connectivity index is 1.28. The first kappa shape index (κ1) is 29.0. The molecule has 2 heterocycles. The number of nitrogens with one attached hydrogen (secondary N) is 2. The maximum Gasteiger partial charge on any atom is 0.255 e. The van der Waals surface area contributed by atoms with Gasteiger partial charge in [0.05, 0.1) is 59.3 Å². The number of hydrogen-bond acceptors (Lipinski definition) is 9. The third kappa shape index (κ3) is 8.78. The largest absolute Gasteiger partial charge is 0.379 e. The first-order valence-electron chi connectivity index (χ1n) is 12.4. The van der Waals surface area contributed by atoms with Gasteiger partial charge in [0.15, 0.2) is 0 Å². The zero-order valence-electron chi connectivity index (χ0n) is 21.1. The molecule has 1 fully saturated rings. The molecule has 0 aliphatic carbocycles. The van der Waals surface area contributed by atoms with E-state index in [1.165, 1.54) is 4.90 Å². The van der Waals surface area contributed by atoms with Crippen molar-refractivity contribution >= 4 is 29.3 Å². The molecule has 1 atom stereocenters. The van der Waals surface area contributed by atoms with Crippen LogP contribution in [-0.2, 0) is 39.9 Å². The van der Waals surface area contributed by atoms with E-state index < -0.39 is 11.9 Å². The lowest BCUT2D eigenvalue weighted by Crippen LogP contribution is -2.52. The van der Waals surface area contributed by atoms with E-state index in [1.807, 2.05) is 0 Å². The molecular weight excluding hydrogens is 500 g/mol. The first-order valence-corrected chi connectivity index (χ1v) is 12.4. The van der Waals surface area contributed by atoms with Crippen LogP contribution in [0.15, 0.2) is 23.3 Å². The monoisotopic (exact) mass is 532 g/mol. The van der Waals surface area contributed by atoms with Crippen molar-refractivity contribution in [2.75, 3.05) is 64.7 Å². The van der Waals surface area contributed by atoms with Crippen molar-refractivity contribution in [2.45, 2.75) is 31.8 Å². The van der Waals surface area contributed by atoms with Crippen LogP contribution in [0.25, 0.3) is 10.4 Å². The number of carbonyl (C=O) groups excluding carboxylic acids is 4. The minimum Gasteiger partial charge on any atom is -0.379 e. The van der Waals surface area contributed by atoms with Crippen molar-refractivity contribution in [2.24, 2.45) is 5.11 Å². The van der Waals surface area contributed by atoms with Gasteiger partial charge >= 0.3 is 0 Å². The van der Waals surface area contributed by atoms with Crippen LogP contribution in [0.4, 0.5) is 5.69 Å². The summed E-state index contributed by atoms with van der Waals surface area (Å²) in [5.74, 6) is -1.38. The van der Waals surface area contributed by atoms with Crippen LogP contribution >= 0.6 is 0 Å². The smallest absolute Gasteiger partial charge is 0.255 e. The second-order valence-corrected chi connectivity index (χ2v) is 8.43. The third-order valence-corrected chi connectivity index (χ3v) is 5.84. The molecule has 4 amide bonds. The van der Waals surface area contributed by atoms with Crippen LogP contribution < -0.4 is 10.6 Å². The maximum atomic E-state index is 12.9. The number of carbonyl (C=O) groups is 4. The highest BCUT2D eigenvalue weighted by atomic mass is 16.6. The van der Waals surface area contributed by atoms with Gasteiger partial charge in [0.2, 0.25) is 17.7 Å². The van der Waals surface area contributed by atoms with Crippen LogP contribution in [0.2, 0.25) is 0 Å². The molecule has 1 unspecified atom stereocenters. The van der Waals surface area contributed by atoms with Crippen LogP contribution in [0.1, 0.15) is 35.2 Å². The summed E-state index contributed by atoms with van der Waals surface area (Å²) in [6, 6.07) is 4.34. The highest BCUT2D eigenvalue weighted by molar-refractivity contribution is 6.06. The van der Waals surface area contributed by atoms with Gasteiger partial charge in [-0.2, -0.15) is 0 Å². The topological polar surface area (TPSA) is 181 Å². The molecule has 0 spiro atoms. The Morgan fingerprint density at radius 2 is 1.68 bits per heavy atom. The zero-order valence-corrected chi connectivity index (χ0v) is 21.1. The van der Waals surface area contributed by atoms with Crippen molar-refractivity contribution in [1.82, 2.24) is 10.2 Å². The number of piperidine rings is 1. The molecule has 38 heavy (non-hydrogen) atoms. The van der Waals surface area contributed by atoms with E-state index in [0.717, 1.165) is 0 Å². The van der Waals surface area contributed by atoms with E-state index in [2.05, 4.69) is 20.7 Å². The van der Waals surface area contributed by atoms with E-state index in [4.69, 9.17) is 24.5 Å². The molecule has 0 saturated carbocycles. The van der Waals surface area contributed by atoms with Gasteiger partial charge in [0, 0.05) is 41.2 Å². The minimum atomic E-state index is -0.714. The number of anilines is 1. The number of rotatable bonds is 17. The lowest BCUT2D eigenvalue weighted by Gasteiger charge is -2.29. The van der Waals surface area contributed by atoms with E-state index >= 15 is 0 Å². The molecule has 1 saturated heterocycles. The zero-order chi connectivity index (χ0) is 27.2. The normalized spacial score (nSPS) is 16.7. The van der Waals surface area contributed by atoms with Gasteiger partial charge in [0.1, 0.15) is 6.04 Å². The van der Waals surface area contributed by atoms with Crippen molar-refractivity contribution in [3.05, 3.63) is 39.8 Å². The summed E-state index contributed by atoms with van der Waals surface area (Å²) in [5, 5.41) is 8.45. The third-order valence-electron chi connectivity index (χ3n) is 5.84. The van der Waals surface area contributed by atoms with Crippen molar-refractivity contribution in [1.29, 1.82) is 0 Å². The van der Waals surface area contributed by atoms with Gasteiger partial charge in [-0.25, -0.2) is 0 Å². The van der Waals surface area contributed by atoms with Crippen LogP contribution in [-0.4, -0.2) is 94.0 Å². The Morgan fingerprint density at radius 1 is 1.03 bits per heavy atom. The number of ether oxygens (including phenoxy) is 4. The van der Waals surface area contributed by atoms with Crippen LogP contribution in [0.5, 0.6) is 0 Å². The highest BCUT2D eigenvalue weighted by Crippen LogP contribution is 2.32. The number of azide groups is 1. The summed E-state index contributed by atoms with van der Waals surface area (Å²) >= 11 is 0. The van der Waals surface area contributed by atoms with Gasteiger partial charge in [-0.05, 0) is 24.1 Å². The number of amides is 4. The molecule has 14 nitrogen and oxygen atoms in total. The number of fused-ring (bicyclic) bond motifs is 1. The molecule has 1 aromatic carbocycles. The van der Waals surface area contributed by atoms with E-state index in [0.29, 0.717) is 69.6 Å². The van der Waals surface area contributed by atoms with E-state index in [9.17, 15) is 19.2 Å². The predicted molar refractivity (Wildman–Crippen MR) is 133 cm³/mol. The van der Waals surface area contributed by atoms with Gasteiger partial charge in [-0.1, -0.05) is 11.2 Å². The predicted octanol–water partition coefficient (Wildman–Crippen LogP) is 1.15. The van der Waals surface area contributed by atoms with Crippen molar-refractivity contribution in [3.8, 4) is 0 Å². The van der Waals surface area contributed by atoms with Crippen molar-refractivity contribution in [3.63, 3.8) is 0 Å². The number of imide groups is 1. The second-order valence-electron chi connectivity index (χ2n) is 8.43. The molecule has 3 rings (SSSR count). The second kappa shape index (κ2) is 15.6. The summed E-state index contributed by atoms with van der Waals surface area (Å²) in [7, 11) is 0. The fraction of sp³-hybridized carbons (Fsp3) is 0.583. The quantitative estimate of drug-likeness (QED) is 0.0985. The Hall–Kier alpha value is -3.55. The first-order chi connectivity index (χ1) is 18.5. The average Bonchev–Trinajstić information content (AvgIpc) is 3.23. The van der Waals surface area contributed by atoms with Crippen LogP contribution in [0.3, 0.4) is 0 Å². The molecule has 1 aromatic rings. The lowest BCUT2D eigenvalue weighted by molar-refractivity contribution is -0.137. The molecule has 14 heteroatoms. The molecule has 2 aliphatic rings. The average molecular weight is 533 g/mol. The Kier molecular flexibility index (Phi) is 11.9. The number of nitrogens with zero attached hydrogens (tertiary/aromatic N) is 4. The SMILES string of the molecule is [N-]=[N+]=NCCOCCOCCOCCOCCC(=O)Nc1cccc2c1CN(C1CCC(=O)NC1=O)C2=O. The summed E-state index contributed by atoms with van der Waals surface area (Å²) in [6.45, 7) is 3.35. The Bertz CT molecular complexity index is 1040. The summed E-state index contributed by atoms with van der Waals surface area (Å²) in [5.41, 5.74) is 9.73. The minimum absolute atomic E-state index is 0.122. The van der Waals surface area contributed by atoms with Gasteiger partial charge in [-0.3, -0.25) is 24.5 Å². The van der Waals surface area contributed by atoms with E-state index in [-0.39, 0.29) is 50.1 Å². The number of benzene rings is 1. The fourth-order valence-electron chi connectivity index (χ4n) is 3.99. The fourth-order valence-corrected chi connectivity index (χ4v) is 3.99. The summed E-state index contributed by atoms with van der Waals surface area (Å²) in [6.07, 6.45) is 0.574. The molecular formula is C24H32N6O8. The Labute approximate surface area is 219 Å². The van der Waals surface area contributed by atoms with E-state index in [1.54, 1.807) is 18.2 Å². The lowest BCUT2D eigenvalue weighted by atomic mass is 10.0. The molecule has 2 aliphatic heterocycles. The van der Waals surface area contributed by atoms with Gasteiger partial charge in [0.25, 0.3) is 5.91 Å². The van der Waals surface area contributed by atoms with Crippen LogP contribution in [0, 0.1) is 0 Å². The molecule has 0 aromatic heterocycles. The summed E-state index contributed by atoms with van der Waals surface area (Å²) in [4.78, 5) is 53.1. The van der Waals surface area contributed by atoms with Gasteiger partial charge < -0.3 is 29.2 Å². The molecule has 0 bridgehead atoms. The summed E-state index contributed by atoms with van der Waals surface area (Å²) < 4.78 is 21.4. The molecule has 206 valence electrons. The highest BCUT2D eigenvalue weighted by Gasteiger charge is 2.39. The molecule has 0 radical (unpaired) electrons. The van der Waals surface area contributed by atoms with Crippen molar-refractivity contribution < 1.29 is 38.1 Å². The molecule has 2 N–H and O–H groups in total. The standard InChI is InChI=1S/C24H32N6O8/c25-29-26-7-9-36-11-13-38-15-14-37-12-10-35-8-6-22(32)27-19-3-1-2-17-18(19)16-30(24(17)34)20-4-5-21(31)28-23(20)33/h1-3,20H,4-16H2,(H,27,32)(H,28,31,33). The maximum absolute atomic E-state index is 12.9. The van der Waals surface area contributed by atoms with Gasteiger partial charge in [-0.15, -0.1) is 0 Å².